The summed E-state index contributed by atoms with van der Waals surface area (Å²) in [4.78, 5) is 10.6. The zero-order valence-electron chi connectivity index (χ0n) is 22.0. The zero-order valence-corrected chi connectivity index (χ0v) is 28.3. The van der Waals surface area contributed by atoms with Crippen molar-refractivity contribution in [2.24, 2.45) is 0 Å². The maximum absolute atomic E-state index is 5.30. The van der Waals surface area contributed by atoms with Crippen LogP contribution in [0, 0.1) is 0 Å². The van der Waals surface area contributed by atoms with Crippen molar-refractivity contribution in [1.29, 1.82) is 0 Å². The topological polar surface area (TPSA) is 25.8 Å². The van der Waals surface area contributed by atoms with E-state index in [2.05, 4.69) is 185 Å². The number of halogens is 4. The molecule has 0 amide bonds. The van der Waals surface area contributed by atoms with Crippen molar-refractivity contribution in [3.05, 3.63) is 139 Å². The van der Waals surface area contributed by atoms with Gasteiger partial charge in [0.25, 0.3) is 0 Å². The van der Waals surface area contributed by atoms with Crippen molar-refractivity contribution in [2.75, 3.05) is 0 Å². The van der Waals surface area contributed by atoms with Crippen LogP contribution in [0.1, 0.15) is 0 Å². The number of aromatic nitrogens is 2. The second-order valence-corrected chi connectivity index (χ2v) is 13.7. The van der Waals surface area contributed by atoms with Crippen LogP contribution in [0.4, 0.5) is 0 Å². The average Bonchev–Trinajstić information content (AvgIpc) is 3.01. The molecule has 0 aliphatic heterocycles. The summed E-state index contributed by atoms with van der Waals surface area (Å²) in [7, 11) is 0. The van der Waals surface area contributed by atoms with Gasteiger partial charge in [0.2, 0.25) is 0 Å². The van der Waals surface area contributed by atoms with Crippen LogP contribution >= 0.6 is 63.7 Å². The molecule has 0 bridgehead atoms. The fourth-order valence-corrected chi connectivity index (χ4v) is 6.31. The molecule has 202 valence electrons. The third-order valence-corrected chi connectivity index (χ3v) is 9.46. The Bertz CT molecular complexity index is 1930. The Balaban J connectivity index is 1.59. The number of hydrogen-bond donors (Lipinski definition) is 0. The molecule has 2 heterocycles. The van der Waals surface area contributed by atoms with E-state index in [1.807, 2.05) is 0 Å². The summed E-state index contributed by atoms with van der Waals surface area (Å²) in [5.41, 5.74) is 10.2. The number of rotatable bonds is 4. The highest BCUT2D eigenvalue weighted by molar-refractivity contribution is 9.11. The Morgan fingerprint density at radius 1 is 0.333 bits per heavy atom. The molecule has 0 saturated heterocycles. The number of hydrogen-bond acceptors (Lipinski definition) is 2. The minimum Gasteiger partial charge on any atom is -0.245 e. The Hall–Kier alpha value is -3.16. The summed E-state index contributed by atoms with van der Waals surface area (Å²) in [6.07, 6.45) is 0. The lowest BCUT2D eigenvalue weighted by atomic mass is 9.94. The van der Waals surface area contributed by atoms with Gasteiger partial charge in [-0.15, -0.1) is 0 Å². The van der Waals surface area contributed by atoms with Gasteiger partial charge in [-0.1, -0.05) is 124 Å². The first-order valence-corrected chi connectivity index (χ1v) is 16.4. The highest BCUT2D eigenvalue weighted by Gasteiger charge is 2.17. The molecule has 0 aliphatic rings. The van der Waals surface area contributed by atoms with Gasteiger partial charge in [0.05, 0.1) is 22.4 Å². The van der Waals surface area contributed by atoms with E-state index in [9.17, 15) is 0 Å². The Labute approximate surface area is 277 Å². The number of nitrogens with zero attached hydrogens (tertiary/aromatic N) is 2. The smallest absolute Gasteiger partial charge is 0.0978 e. The van der Waals surface area contributed by atoms with Crippen LogP contribution in [0.15, 0.2) is 139 Å². The SMILES string of the molecule is Brc1ccc(-c2cc(-c3ccc(Br)cc3)c3ccc4c(-c5ccc(Br)cc5)cc(-c5ccc(Br)cc5)nc4c3n2)cc1. The Kier molecular flexibility index (Phi) is 7.57. The molecular formula is C36H20Br4N2. The molecule has 0 aliphatic carbocycles. The molecule has 0 fully saturated rings. The van der Waals surface area contributed by atoms with E-state index in [1.165, 1.54) is 0 Å². The van der Waals surface area contributed by atoms with Crippen LogP contribution in [0.3, 0.4) is 0 Å². The lowest BCUT2D eigenvalue weighted by molar-refractivity contribution is 1.36. The molecule has 0 N–H and O–H groups in total. The number of fused-ring (bicyclic) bond motifs is 3. The first kappa shape index (κ1) is 27.7. The number of benzene rings is 5. The van der Waals surface area contributed by atoms with E-state index in [-0.39, 0.29) is 0 Å². The van der Waals surface area contributed by atoms with E-state index >= 15 is 0 Å². The Morgan fingerprint density at radius 3 is 0.929 bits per heavy atom. The predicted molar refractivity (Wildman–Crippen MR) is 190 cm³/mol. The van der Waals surface area contributed by atoms with Crippen molar-refractivity contribution in [3.63, 3.8) is 0 Å². The number of pyridine rings is 2. The third-order valence-electron chi connectivity index (χ3n) is 7.35. The van der Waals surface area contributed by atoms with Crippen LogP contribution < -0.4 is 0 Å². The molecule has 0 atom stereocenters. The molecule has 2 aromatic heterocycles. The van der Waals surface area contributed by atoms with Crippen LogP contribution in [0.2, 0.25) is 0 Å². The minimum absolute atomic E-state index is 0.878. The standard InChI is InChI=1S/C36H20Br4N2/c37-25-9-1-21(2-10-25)31-19-33(23-5-13-27(39)14-6-23)41-35-29(31)17-18-30-32(22-3-11-26(38)12-4-22)20-34(42-36(30)35)24-7-15-28(40)16-8-24/h1-20H. The third kappa shape index (κ3) is 5.37. The normalized spacial score (nSPS) is 11.3. The molecule has 0 radical (unpaired) electrons. The Morgan fingerprint density at radius 2 is 0.619 bits per heavy atom. The lowest BCUT2D eigenvalue weighted by Crippen LogP contribution is -1.95. The van der Waals surface area contributed by atoms with Crippen LogP contribution in [-0.2, 0) is 0 Å². The van der Waals surface area contributed by atoms with Crippen molar-refractivity contribution < 1.29 is 0 Å². The first-order chi connectivity index (χ1) is 20.4. The van der Waals surface area contributed by atoms with Gasteiger partial charge in [-0.05, 0) is 82.9 Å². The maximum Gasteiger partial charge on any atom is 0.0978 e. The second kappa shape index (κ2) is 11.5. The summed E-state index contributed by atoms with van der Waals surface area (Å²) < 4.78 is 4.16. The summed E-state index contributed by atoms with van der Waals surface area (Å²) in [6, 6.07) is 42.3. The maximum atomic E-state index is 5.30. The van der Waals surface area contributed by atoms with Gasteiger partial charge in [-0.25, -0.2) is 9.97 Å². The largest absolute Gasteiger partial charge is 0.245 e. The van der Waals surface area contributed by atoms with Gasteiger partial charge in [-0.2, -0.15) is 0 Å². The molecule has 7 rings (SSSR count). The zero-order chi connectivity index (χ0) is 28.8. The van der Waals surface area contributed by atoms with Crippen LogP contribution in [0.5, 0.6) is 0 Å². The molecule has 5 aromatic carbocycles. The van der Waals surface area contributed by atoms with Crippen molar-refractivity contribution in [2.45, 2.75) is 0 Å². The highest BCUT2D eigenvalue weighted by Crippen LogP contribution is 2.40. The summed E-state index contributed by atoms with van der Waals surface area (Å²) in [5, 5.41) is 2.13. The lowest BCUT2D eigenvalue weighted by Gasteiger charge is -2.15. The van der Waals surface area contributed by atoms with Crippen molar-refractivity contribution >= 4 is 85.5 Å². The minimum atomic E-state index is 0.878. The van der Waals surface area contributed by atoms with Gasteiger partial charge in [0.15, 0.2) is 0 Å². The first-order valence-electron chi connectivity index (χ1n) is 13.3. The quantitative estimate of drug-likeness (QED) is 0.166. The van der Waals surface area contributed by atoms with Crippen LogP contribution in [-0.4, -0.2) is 9.97 Å². The molecular weight excluding hydrogens is 780 g/mol. The van der Waals surface area contributed by atoms with E-state index < -0.39 is 0 Å². The predicted octanol–water partition coefficient (Wildman–Crippen LogP) is 12.5. The molecule has 42 heavy (non-hydrogen) atoms. The average molecular weight is 800 g/mol. The second-order valence-electron chi connectivity index (χ2n) is 10.00. The van der Waals surface area contributed by atoms with Gasteiger partial charge < -0.3 is 0 Å². The van der Waals surface area contributed by atoms with E-state index in [0.29, 0.717) is 0 Å². The fourth-order valence-electron chi connectivity index (χ4n) is 5.25. The molecule has 2 nitrogen and oxygen atoms in total. The highest BCUT2D eigenvalue weighted by atomic mass is 79.9. The van der Waals surface area contributed by atoms with Crippen molar-refractivity contribution in [3.8, 4) is 44.8 Å². The molecule has 6 heteroatoms. The van der Waals surface area contributed by atoms with Crippen LogP contribution in [0.25, 0.3) is 66.6 Å². The van der Waals surface area contributed by atoms with Gasteiger partial charge >= 0.3 is 0 Å². The van der Waals surface area contributed by atoms with Crippen molar-refractivity contribution in [1.82, 2.24) is 9.97 Å². The van der Waals surface area contributed by atoms with E-state index in [1.54, 1.807) is 0 Å². The summed E-state index contributed by atoms with van der Waals surface area (Å²) in [6.45, 7) is 0. The summed E-state index contributed by atoms with van der Waals surface area (Å²) in [5.74, 6) is 0. The molecule has 0 spiro atoms. The van der Waals surface area contributed by atoms with Gasteiger partial charge in [-0.3, -0.25) is 0 Å². The summed E-state index contributed by atoms with van der Waals surface area (Å²) >= 11 is 14.3. The van der Waals surface area contributed by atoms with E-state index in [4.69, 9.17) is 9.97 Å². The van der Waals surface area contributed by atoms with Gasteiger partial charge in [0, 0.05) is 39.8 Å². The molecule has 0 saturated carbocycles. The van der Waals surface area contributed by atoms with E-state index in [0.717, 1.165) is 84.5 Å². The van der Waals surface area contributed by atoms with Gasteiger partial charge in [0.1, 0.15) is 0 Å². The monoisotopic (exact) mass is 796 g/mol. The fraction of sp³-hybridized carbons (Fsp3) is 0. The molecule has 7 aromatic rings. The molecule has 0 unspecified atom stereocenters.